The normalized spacial score (nSPS) is 10.7. The van der Waals surface area contributed by atoms with E-state index in [0.717, 1.165) is 24.3 Å². The van der Waals surface area contributed by atoms with Crippen LogP contribution in [0.5, 0.6) is 5.75 Å². The Morgan fingerprint density at radius 2 is 1.79 bits per heavy atom. The van der Waals surface area contributed by atoms with Crippen molar-refractivity contribution < 1.29 is 32.7 Å². The number of alkyl halides is 3. The van der Waals surface area contributed by atoms with Crippen molar-refractivity contribution in [1.82, 2.24) is 10.8 Å². The summed E-state index contributed by atoms with van der Waals surface area (Å²) in [4.78, 5) is 22.1. The molecule has 9 heteroatoms. The fourth-order valence-electron chi connectivity index (χ4n) is 1.11. The SMILES string of the molecule is O=C(CNC(=O)c1ccc(OC(F)(F)F)cc1)NO. The van der Waals surface area contributed by atoms with Gasteiger partial charge in [-0.25, -0.2) is 5.48 Å². The molecule has 0 radical (unpaired) electrons. The fourth-order valence-corrected chi connectivity index (χ4v) is 1.11. The lowest BCUT2D eigenvalue weighted by molar-refractivity contribution is -0.274. The number of carbonyl (C=O) groups excluding carboxylic acids is 2. The Bertz CT molecular complexity index is 459. The van der Waals surface area contributed by atoms with Crippen LogP contribution < -0.4 is 15.5 Å². The number of hydrogen-bond donors (Lipinski definition) is 3. The summed E-state index contributed by atoms with van der Waals surface area (Å²) in [7, 11) is 0. The van der Waals surface area contributed by atoms with Crippen molar-refractivity contribution in [3.63, 3.8) is 0 Å². The third-order valence-electron chi connectivity index (χ3n) is 1.88. The number of carbonyl (C=O) groups is 2. The van der Waals surface area contributed by atoms with Crippen molar-refractivity contribution in [3.05, 3.63) is 29.8 Å². The lowest BCUT2D eigenvalue weighted by atomic mass is 10.2. The van der Waals surface area contributed by atoms with Gasteiger partial charge < -0.3 is 10.1 Å². The van der Waals surface area contributed by atoms with Gasteiger partial charge in [-0.15, -0.1) is 13.2 Å². The maximum Gasteiger partial charge on any atom is 0.573 e. The molecule has 0 atom stereocenters. The van der Waals surface area contributed by atoms with Crippen molar-refractivity contribution in [2.75, 3.05) is 6.54 Å². The van der Waals surface area contributed by atoms with Gasteiger partial charge in [-0.3, -0.25) is 14.8 Å². The van der Waals surface area contributed by atoms with E-state index in [9.17, 15) is 22.8 Å². The van der Waals surface area contributed by atoms with Gasteiger partial charge >= 0.3 is 6.36 Å². The van der Waals surface area contributed by atoms with Gasteiger partial charge in [-0.05, 0) is 24.3 Å². The van der Waals surface area contributed by atoms with E-state index in [0.29, 0.717) is 0 Å². The topological polar surface area (TPSA) is 87.7 Å². The smallest absolute Gasteiger partial charge is 0.406 e. The van der Waals surface area contributed by atoms with Crippen LogP contribution in [0.2, 0.25) is 0 Å². The Balaban J connectivity index is 2.61. The number of rotatable bonds is 4. The zero-order chi connectivity index (χ0) is 14.5. The second kappa shape index (κ2) is 6.05. The highest BCUT2D eigenvalue weighted by Crippen LogP contribution is 2.22. The highest BCUT2D eigenvalue weighted by atomic mass is 19.4. The summed E-state index contributed by atoms with van der Waals surface area (Å²) in [5.74, 6) is -1.97. The zero-order valence-corrected chi connectivity index (χ0v) is 9.32. The monoisotopic (exact) mass is 278 g/mol. The first-order valence-electron chi connectivity index (χ1n) is 4.89. The summed E-state index contributed by atoms with van der Waals surface area (Å²) in [5.41, 5.74) is 1.35. The molecule has 1 rings (SSSR count). The third-order valence-corrected chi connectivity index (χ3v) is 1.88. The Morgan fingerprint density at radius 1 is 1.21 bits per heavy atom. The van der Waals surface area contributed by atoms with Gasteiger partial charge in [0.15, 0.2) is 0 Å². The molecule has 0 aliphatic rings. The van der Waals surface area contributed by atoms with E-state index in [1.165, 1.54) is 5.48 Å². The van der Waals surface area contributed by atoms with E-state index < -0.39 is 30.5 Å². The molecule has 1 aromatic rings. The van der Waals surface area contributed by atoms with Gasteiger partial charge in [0.25, 0.3) is 11.8 Å². The van der Waals surface area contributed by atoms with Crippen LogP contribution in [-0.2, 0) is 4.79 Å². The molecule has 3 N–H and O–H groups in total. The highest BCUT2D eigenvalue weighted by molar-refractivity contribution is 5.96. The van der Waals surface area contributed by atoms with Gasteiger partial charge in [-0.1, -0.05) is 0 Å². The van der Waals surface area contributed by atoms with Gasteiger partial charge in [-0.2, -0.15) is 0 Å². The van der Waals surface area contributed by atoms with Crippen molar-refractivity contribution >= 4 is 11.8 Å². The molecular formula is C10H9F3N2O4. The van der Waals surface area contributed by atoms with Gasteiger partial charge in [0.1, 0.15) is 5.75 Å². The van der Waals surface area contributed by atoms with E-state index in [4.69, 9.17) is 5.21 Å². The van der Waals surface area contributed by atoms with Crippen LogP contribution in [0.15, 0.2) is 24.3 Å². The van der Waals surface area contributed by atoms with Gasteiger partial charge in [0.05, 0.1) is 6.54 Å². The number of amides is 2. The first-order chi connectivity index (χ1) is 8.81. The van der Waals surface area contributed by atoms with Crippen LogP contribution in [0, 0.1) is 0 Å². The van der Waals surface area contributed by atoms with Crippen molar-refractivity contribution in [3.8, 4) is 5.75 Å². The molecule has 1 aromatic carbocycles. The Labute approximate surface area is 105 Å². The number of halogens is 3. The van der Waals surface area contributed by atoms with Crippen molar-refractivity contribution in [1.29, 1.82) is 0 Å². The molecule has 0 saturated heterocycles. The minimum absolute atomic E-state index is 0.0419. The first-order valence-corrected chi connectivity index (χ1v) is 4.89. The quantitative estimate of drug-likeness (QED) is 0.562. The van der Waals surface area contributed by atoms with Crippen molar-refractivity contribution in [2.45, 2.75) is 6.36 Å². The minimum Gasteiger partial charge on any atom is -0.406 e. The third kappa shape index (κ3) is 5.25. The maximum atomic E-state index is 11.9. The second-order valence-corrected chi connectivity index (χ2v) is 3.29. The van der Waals surface area contributed by atoms with Crippen LogP contribution in [-0.4, -0.2) is 29.9 Å². The van der Waals surface area contributed by atoms with Crippen LogP contribution in [0.25, 0.3) is 0 Å². The summed E-state index contributed by atoms with van der Waals surface area (Å²) in [6.45, 7) is -0.462. The minimum atomic E-state index is -4.80. The summed E-state index contributed by atoms with van der Waals surface area (Å²) in [5, 5.41) is 10.3. The molecule has 0 fully saturated rings. The molecule has 6 nitrogen and oxygen atoms in total. The van der Waals surface area contributed by atoms with Crippen LogP contribution >= 0.6 is 0 Å². The summed E-state index contributed by atoms with van der Waals surface area (Å²) in [6.07, 6.45) is -4.80. The van der Waals surface area contributed by atoms with E-state index in [1.54, 1.807) is 0 Å². The molecule has 0 aliphatic heterocycles. The summed E-state index contributed by atoms with van der Waals surface area (Å²) >= 11 is 0. The molecule has 0 unspecified atom stereocenters. The van der Waals surface area contributed by atoms with E-state index in [2.05, 4.69) is 10.1 Å². The second-order valence-electron chi connectivity index (χ2n) is 3.29. The molecule has 0 bridgehead atoms. The lowest BCUT2D eigenvalue weighted by Crippen LogP contribution is -2.35. The molecule has 0 saturated carbocycles. The van der Waals surface area contributed by atoms with Crippen molar-refractivity contribution in [2.24, 2.45) is 0 Å². The molecule has 104 valence electrons. The van der Waals surface area contributed by atoms with Crippen LogP contribution in [0.1, 0.15) is 10.4 Å². The van der Waals surface area contributed by atoms with Crippen LogP contribution in [0.3, 0.4) is 0 Å². The number of nitrogens with one attached hydrogen (secondary N) is 2. The molecule has 0 heterocycles. The standard InChI is InChI=1S/C10H9F3N2O4/c11-10(12,13)19-7-3-1-6(2-4-7)9(17)14-5-8(16)15-18/h1-4,18H,5H2,(H,14,17)(H,15,16). The molecule has 19 heavy (non-hydrogen) atoms. The fraction of sp³-hybridized carbons (Fsp3) is 0.200. The average molecular weight is 278 g/mol. The van der Waals surface area contributed by atoms with Gasteiger partial charge in [0, 0.05) is 5.56 Å². The number of ether oxygens (including phenoxy) is 1. The molecule has 0 spiro atoms. The zero-order valence-electron chi connectivity index (χ0n) is 9.32. The Hall–Kier alpha value is -2.29. The predicted octanol–water partition coefficient (Wildman–Crippen LogP) is 0.820. The first kappa shape index (κ1) is 14.8. The Kier molecular flexibility index (Phi) is 4.70. The maximum absolute atomic E-state index is 11.9. The highest BCUT2D eigenvalue weighted by Gasteiger charge is 2.31. The lowest BCUT2D eigenvalue weighted by Gasteiger charge is -2.09. The predicted molar refractivity (Wildman–Crippen MR) is 55.4 cm³/mol. The largest absolute Gasteiger partial charge is 0.573 e. The Morgan fingerprint density at radius 3 is 2.26 bits per heavy atom. The van der Waals surface area contributed by atoms with Gasteiger partial charge in [0.2, 0.25) is 0 Å². The molecular weight excluding hydrogens is 269 g/mol. The summed E-state index contributed by atoms with van der Waals surface area (Å²) < 4.78 is 39.3. The molecule has 0 aromatic heterocycles. The average Bonchev–Trinajstić information content (AvgIpc) is 2.34. The number of hydrogen-bond acceptors (Lipinski definition) is 4. The van der Waals surface area contributed by atoms with E-state index >= 15 is 0 Å². The van der Waals surface area contributed by atoms with Crippen LogP contribution in [0.4, 0.5) is 13.2 Å². The molecule has 2 amide bonds. The molecule has 0 aliphatic carbocycles. The van der Waals surface area contributed by atoms with E-state index in [1.807, 2.05) is 0 Å². The number of benzene rings is 1. The van der Waals surface area contributed by atoms with E-state index in [-0.39, 0.29) is 5.56 Å². The summed E-state index contributed by atoms with van der Waals surface area (Å²) in [6, 6.07) is 4.14. The number of hydroxylamine groups is 1.